The number of sulfone groups is 1. The number of ether oxygens (including phenoxy) is 2. The van der Waals surface area contributed by atoms with Gasteiger partial charge in [0.15, 0.2) is 15.9 Å². The minimum atomic E-state index is -3.60. The summed E-state index contributed by atoms with van der Waals surface area (Å²) in [5.74, 6) is -1.61. The van der Waals surface area contributed by atoms with Crippen molar-refractivity contribution in [3.8, 4) is 0 Å². The highest BCUT2D eigenvalue weighted by molar-refractivity contribution is 7.91. The highest BCUT2D eigenvalue weighted by Crippen LogP contribution is 2.19. The Morgan fingerprint density at radius 3 is 2.31 bits per heavy atom. The van der Waals surface area contributed by atoms with Crippen LogP contribution in [0.5, 0.6) is 0 Å². The second kappa shape index (κ2) is 10.6. The first kappa shape index (κ1) is 23.7. The molecule has 1 aliphatic rings. The Morgan fingerprint density at radius 2 is 1.69 bits per heavy atom. The lowest BCUT2D eigenvalue weighted by Crippen LogP contribution is -2.36. The van der Waals surface area contributed by atoms with E-state index in [-0.39, 0.29) is 17.1 Å². The second-order valence-electron chi connectivity index (χ2n) is 7.65. The summed E-state index contributed by atoms with van der Waals surface area (Å²) in [5.41, 5.74) is 2.57. The molecule has 0 aromatic heterocycles. The van der Waals surface area contributed by atoms with Gasteiger partial charge in [0.05, 0.1) is 30.3 Å². The lowest BCUT2D eigenvalue weighted by Gasteiger charge is -2.28. The fourth-order valence-electron chi connectivity index (χ4n) is 3.21. The van der Waals surface area contributed by atoms with Gasteiger partial charge in [0.1, 0.15) is 0 Å². The molecule has 9 heteroatoms. The average Bonchev–Trinajstić information content (AvgIpc) is 2.79. The number of nitrogens with zero attached hydrogens (tertiary/aromatic N) is 1. The monoisotopic (exact) mass is 460 g/mol. The summed E-state index contributed by atoms with van der Waals surface area (Å²) in [6.45, 7) is 6.32. The molecule has 1 fully saturated rings. The van der Waals surface area contributed by atoms with Gasteiger partial charge in [0.25, 0.3) is 5.91 Å². The Labute approximate surface area is 188 Å². The largest absolute Gasteiger partial charge is 0.453 e. The number of amides is 1. The summed E-state index contributed by atoms with van der Waals surface area (Å²) in [6, 6.07) is 13.8. The van der Waals surface area contributed by atoms with E-state index in [0.717, 1.165) is 24.3 Å². The van der Waals surface area contributed by atoms with Crippen molar-refractivity contribution in [2.45, 2.75) is 31.3 Å². The van der Waals surface area contributed by atoms with Gasteiger partial charge in [-0.1, -0.05) is 17.7 Å². The smallest absolute Gasteiger partial charge is 0.307 e. The zero-order chi connectivity index (χ0) is 23.1. The average molecular weight is 461 g/mol. The maximum Gasteiger partial charge on any atom is 0.307 e. The molecule has 1 N–H and O–H groups in total. The third-order valence-corrected chi connectivity index (χ3v) is 6.88. The van der Waals surface area contributed by atoms with E-state index in [0.29, 0.717) is 18.9 Å². The van der Waals surface area contributed by atoms with Crippen LogP contribution in [-0.4, -0.2) is 58.5 Å². The van der Waals surface area contributed by atoms with Crippen molar-refractivity contribution >= 4 is 33.1 Å². The van der Waals surface area contributed by atoms with Crippen LogP contribution in [0.4, 0.5) is 11.4 Å². The van der Waals surface area contributed by atoms with Crippen LogP contribution in [0, 0.1) is 6.92 Å². The van der Waals surface area contributed by atoms with Crippen molar-refractivity contribution in [3.05, 3.63) is 54.1 Å². The minimum absolute atomic E-state index is 0.155. The number of carbonyl (C=O) groups is 2. The lowest BCUT2D eigenvalue weighted by molar-refractivity contribution is -0.152. The number of aryl methyl sites for hydroxylation is 1. The summed E-state index contributed by atoms with van der Waals surface area (Å²) < 4.78 is 35.2. The lowest BCUT2D eigenvalue weighted by atomic mass is 10.2. The zero-order valence-electron chi connectivity index (χ0n) is 18.2. The van der Waals surface area contributed by atoms with Gasteiger partial charge in [-0.3, -0.25) is 9.59 Å². The van der Waals surface area contributed by atoms with E-state index in [1.165, 1.54) is 19.1 Å². The number of morpholine rings is 1. The van der Waals surface area contributed by atoms with E-state index >= 15 is 0 Å². The second-order valence-corrected chi connectivity index (χ2v) is 9.76. The predicted octanol–water partition coefficient (Wildman–Crippen LogP) is 2.57. The summed E-state index contributed by atoms with van der Waals surface area (Å²) in [4.78, 5) is 26.8. The SMILES string of the molecule is Cc1ccc(S(=O)(=O)CCC(=O)O[C@@H](C)C(=O)Nc2ccc(N3CCOCC3)cc2)cc1. The van der Waals surface area contributed by atoms with Crippen LogP contribution in [0.3, 0.4) is 0 Å². The Kier molecular flexibility index (Phi) is 7.87. The van der Waals surface area contributed by atoms with E-state index in [4.69, 9.17) is 9.47 Å². The molecule has 8 nitrogen and oxygen atoms in total. The first-order valence-electron chi connectivity index (χ1n) is 10.5. The van der Waals surface area contributed by atoms with Crippen molar-refractivity contribution in [1.82, 2.24) is 0 Å². The van der Waals surface area contributed by atoms with Gasteiger partial charge in [-0.25, -0.2) is 8.42 Å². The highest BCUT2D eigenvalue weighted by atomic mass is 32.2. The molecule has 1 heterocycles. The number of hydrogen-bond donors (Lipinski definition) is 1. The van der Waals surface area contributed by atoms with E-state index in [2.05, 4.69) is 10.2 Å². The van der Waals surface area contributed by atoms with Crippen molar-refractivity contribution < 1.29 is 27.5 Å². The topological polar surface area (TPSA) is 102 Å². The molecule has 0 aliphatic carbocycles. The van der Waals surface area contributed by atoms with Gasteiger partial charge in [-0.2, -0.15) is 0 Å². The number of esters is 1. The van der Waals surface area contributed by atoms with Crippen molar-refractivity contribution in [1.29, 1.82) is 0 Å². The molecule has 1 atom stereocenters. The molecule has 172 valence electrons. The summed E-state index contributed by atoms with van der Waals surface area (Å²) in [7, 11) is -3.60. The molecule has 1 aliphatic heterocycles. The Balaban J connectivity index is 1.47. The molecule has 2 aromatic rings. The molecule has 0 bridgehead atoms. The maximum absolute atomic E-state index is 12.4. The first-order chi connectivity index (χ1) is 15.2. The molecule has 3 rings (SSSR count). The number of carbonyl (C=O) groups excluding carboxylic acids is 2. The molecule has 32 heavy (non-hydrogen) atoms. The normalized spacial score (nSPS) is 15.1. The van der Waals surface area contributed by atoms with Crippen LogP contribution in [0.15, 0.2) is 53.4 Å². The van der Waals surface area contributed by atoms with Gasteiger partial charge in [0.2, 0.25) is 0 Å². The highest BCUT2D eigenvalue weighted by Gasteiger charge is 2.21. The molecule has 0 unspecified atom stereocenters. The van der Waals surface area contributed by atoms with Crippen LogP contribution in [0.1, 0.15) is 18.9 Å². The van der Waals surface area contributed by atoms with Crippen molar-refractivity contribution in [3.63, 3.8) is 0 Å². The third-order valence-electron chi connectivity index (χ3n) is 5.14. The number of nitrogens with one attached hydrogen (secondary N) is 1. The summed E-state index contributed by atoms with van der Waals surface area (Å²) in [5, 5.41) is 2.70. The van der Waals surface area contributed by atoms with E-state index in [1.807, 2.05) is 19.1 Å². The van der Waals surface area contributed by atoms with Crippen molar-refractivity contribution in [2.24, 2.45) is 0 Å². The molecule has 0 saturated carbocycles. The van der Waals surface area contributed by atoms with Gasteiger partial charge >= 0.3 is 5.97 Å². The molecule has 2 aromatic carbocycles. The first-order valence-corrected chi connectivity index (χ1v) is 12.1. The van der Waals surface area contributed by atoms with E-state index < -0.39 is 27.8 Å². The summed E-state index contributed by atoms with van der Waals surface area (Å²) in [6.07, 6.45) is -1.38. The number of rotatable bonds is 8. The quantitative estimate of drug-likeness (QED) is 0.604. The fraction of sp³-hybridized carbons (Fsp3) is 0.391. The zero-order valence-corrected chi connectivity index (χ0v) is 19.1. The number of hydrogen-bond acceptors (Lipinski definition) is 7. The molecule has 0 radical (unpaired) electrons. The van der Waals surface area contributed by atoms with Crippen molar-refractivity contribution in [2.75, 3.05) is 42.3 Å². The third kappa shape index (κ3) is 6.54. The maximum atomic E-state index is 12.4. The van der Waals surface area contributed by atoms with Crippen LogP contribution >= 0.6 is 0 Å². The van der Waals surface area contributed by atoms with Gasteiger partial charge in [-0.15, -0.1) is 0 Å². The molecule has 0 spiro atoms. The Morgan fingerprint density at radius 1 is 1.06 bits per heavy atom. The molecule has 1 amide bonds. The van der Waals surface area contributed by atoms with Crippen LogP contribution in [0.2, 0.25) is 0 Å². The van der Waals surface area contributed by atoms with Crippen LogP contribution in [0.25, 0.3) is 0 Å². The minimum Gasteiger partial charge on any atom is -0.453 e. The van der Waals surface area contributed by atoms with Crippen LogP contribution < -0.4 is 10.2 Å². The molecular weight excluding hydrogens is 432 g/mol. The number of anilines is 2. The van der Waals surface area contributed by atoms with E-state index in [1.54, 1.807) is 24.3 Å². The Hall–Kier alpha value is -2.91. The van der Waals surface area contributed by atoms with Gasteiger partial charge < -0.3 is 19.7 Å². The van der Waals surface area contributed by atoms with E-state index in [9.17, 15) is 18.0 Å². The molecule has 1 saturated heterocycles. The van der Waals surface area contributed by atoms with Crippen LogP contribution in [-0.2, 0) is 28.9 Å². The standard InChI is InChI=1S/C23H28N2O6S/c1-17-3-9-21(10-4-17)32(28,29)16-11-22(26)31-18(2)23(27)24-19-5-7-20(8-6-19)25-12-14-30-15-13-25/h3-10,18H,11-16H2,1-2H3,(H,24,27)/t18-/m0/s1. The Bertz CT molecular complexity index is 1030. The fourth-order valence-corrected chi connectivity index (χ4v) is 4.43. The molecular formula is C23H28N2O6S. The van der Waals surface area contributed by atoms with Gasteiger partial charge in [-0.05, 0) is 50.2 Å². The number of benzene rings is 2. The summed E-state index contributed by atoms with van der Waals surface area (Å²) >= 11 is 0. The predicted molar refractivity (Wildman–Crippen MR) is 122 cm³/mol. The van der Waals surface area contributed by atoms with Gasteiger partial charge in [0, 0.05) is 24.5 Å².